The van der Waals surface area contributed by atoms with E-state index in [4.69, 9.17) is 0 Å². The van der Waals surface area contributed by atoms with E-state index in [1.807, 2.05) is 35.2 Å². The highest BCUT2D eigenvalue weighted by Gasteiger charge is 2.31. The van der Waals surface area contributed by atoms with Gasteiger partial charge in [0, 0.05) is 43.6 Å². The van der Waals surface area contributed by atoms with E-state index in [2.05, 4.69) is 14.9 Å². The molecule has 3 heterocycles. The van der Waals surface area contributed by atoms with Crippen LogP contribution < -0.4 is 0 Å². The molecular weight excluding hydrogens is 300 g/mol. The van der Waals surface area contributed by atoms with Crippen molar-refractivity contribution < 1.29 is 4.79 Å². The first-order valence-corrected chi connectivity index (χ1v) is 8.72. The van der Waals surface area contributed by atoms with Crippen molar-refractivity contribution in [3.05, 3.63) is 48.3 Å². The van der Waals surface area contributed by atoms with Gasteiger partial charge in [-0.1, -0.05) is 36.8 Å². The second-order valence-corrected chi connectivity index (χ2v) is 6.60. The number of fused-ring (bicyclic) bond motifs is 1. The monoisotopic (exact) mass is 322 g/mol. The van der Waals surface area contributed by atoms with Crippen molar-refractivity contribution in [2.45, 2.75) is 25.3 Å². The van der Waals surface area contributed by atoms with Crippen molar-refractivity contribution in [2.24, 2.45) is 0 Å². The Balaban J connectivity index is 1.46. The number of hydrogen-bond acceptors (Lipinski definition) is 4. The molecule has 5 nitrogen and oxygen atoms in total. The van der Waals surface area contributed by atoms with Gasteiger partial charge in [-0.2, -0.15) is 0 Å². The molecule has 0 radical (unpaired) electrons. The van der Waals surface area contributed by atoms with Gasteiger partial charge in [-0.3, -0.25) is 9.69 Å². The van der Waals surface area contributed by atoms with E-state index >= 15 is 0 Å². The van der Waals surface area contributed by atoms with Crippen LogP contribution in [0.3, 0.4) is 0 Å². The van der Waals surface area contributed by atoms with Crippen LogP contribution in [0.1, 0.15) is 29.6 Å². The zero-order chi connectivity index (χ0) is 16.4. The highest BCUT2D eigenvalue weighted by atomic mass is 16.2. The van der Waals surface area contributed by atoms with Gasteiger partial charge in [0.2, 0.25) is 0 Å². The second kappa shape index (κ2) is 6.69. The van der Waals surface area contributed by atoms with Gasteiger partial charge < -0.3 is 4.90 Å². The number of carbonyl (C=O) groups is 1. The van der Waals surface area contributed by atoms with Crippen LogP contribution in [-0.4, -0.2) is 57.9 Å². The maximum atomic E-state index is 12.7. The van der Waals surface area contributed by atoms with Crippen LogP contribution in [0, 0.1) is 0 Å². The number of piperazine rings is 1. The van der Waals surface area contributed by atoms with Crippen LogP contribution in [-0.2, 0) is 0 Å². The molecule has 0 unspecified atom stereocenters. The average Bonchev–Trinajstić information content (AvgIpc) is 2.68. The minimum atomic E-state index is 0.0554. The van der Waals surface area contributed by atoms with Crippen molar-refractivity contribution in [2.75, 3.05) is 26.2 Å². The summed E-state index contributed by atoms with van der Waals surface area (Å²) in [6.45, 7) is 3.80. The normalized spacial score (nSPS) is 21.3. The third-order valence-electron chi connectivity index (χ3n) is 5.06. The minimum absolute atomic E-state index is 0.0554. The fourth-order valence-corrected chi connectivity index (χ4v) is 3.70. The summed E-state index contributed by atoms with van der Waals surface area (Å²) in [5.41, 5.74) is 1.55. The van der Waals surface area contributed by atoms with E-state index in [0.717, 1.165) is 25.2 Å². The zero-order valence-electron chi connectivity index (χ0n) is 13.8. The smallest absolute Gasteiger partial charge is 0.257 e. The van der Waals surface area contributed by atoms with Crippen LogP contribution >= 0.6 is 0 Å². The molecule has 1 aromatic heterocycles. The Morgan fingerprint density at radius 3 is 2.58 bits per heavy atom. The van der Waals surface area contributed by atoms with Gasteiger partial charge in [-0.25, -0.2) is 9.97 Å². The topological polar surface area (TPSA) is 49.3 Å². The molecule has 1 atom stereocenters. The van der Waals surface area contributed by atoms with Gasteiger partial charge in [-0.15, -0.1) is 0 Å². The summed E-state index contributed by atoms with van der Waals surface area (Å²) in [7, 11) is 0. The highest BCUT2D eigenvalue weighted by molar-refractivity contribution is 5.93. The van der Waals surface area contributed by atoms with Crippen LogP contribution in [0.25, 0.3) is 11.4 Å². The molecule has 1 aromatic carbocycles. The molecule has 0 aliphatic carbocycles. The van der Waals surface area contributed by atoms with Gasteiger partial charge in [0.05, 0.1) is 5.56 Å². The van der Waals surface area contributed by atoms with E-state index < -0.39 is 0 Å². The lowest BCUT2D eigenvalue weighted by Gasteiger charge is -2.44. The molecule has 2 fully saturated rings. The number of aromatic nitrogens is 2. The summed E-state index contributed by atoms with van der Waals surface area (Å²) >= 11 is 0. The SMILES string of the molecule is O=C(c1cnc(-c2ccccc2)nc1)N1CCN2CCCC[C@H]2C1. The van der Waals surface area contributed by atoms with Crippen LogP contribution in [0.2, 0.25) is 0 Å². The number of hydrogen-bond donors (Lipinski definition) is 0. The highest BCUT2D eigenvalue weighted by Crippen LogP contribution is 2.22. The van der Waals surface area contributed by atoms with E-state index in [9.17, 15) is 4.79 Å². The van der Waals surface area contributed by atoms with Crippen LogP contribution in [0.15, 0.2) is 42.7 Å². The summed E-state index contributed by atoms with van der Waals surface area (Å²) in [4.78, 5) is 26.0. The lowest BCUT2D eigenvalue weighted by atomic mass is 9.99. The van der Waals surface area contributed by atoms with Gasteiger partial charge >= 0.3 is 0 Å². The van der Waals surface area contributed by atoms with Gasteiger partial charge in [0.25, 0.3) is 5.91 Å². The Hall–Kier alpha value is -2.27. The van der Waals surface area contributed by atoms with Crippen LogP contribution in [0.4, 0.5) is 0 Å². The maximum absolute atomic E-state index is 12.7. The Morgan fingerprint density at radius 2 is 1.79 bits per heavy atom. The standard InChI is InChI=1S/C19H22N4O/c24-19(23-11-10-22-9-5-4-8-17(22)14-23)16-12-20-18(21-13-16)15-6-2-1-3-7-15/h1-3,6-7,12-13,17H,4-5,8-11,14H2/t17-/m0/s1. The molecular formula is C19H22N4O. The molecule has 0 spiro atoms. The molecule has 0 saturated carbocycles. The molecule has 2 aromatic rings. The molecule has 24 heavy (non-hydrogen) atoms. The number of benzene rings is 1. The first kappa shape index (κ1) is 15.3. The first-order valence-electron chi connectivity index (χ1n) is 8.72. The van der Waals surface area contributed by atoms with E-state index in [0.29, 0.717) is 17.4 Å². The molecule has 2 aliphatic rings. The molecule has 4 rings (SSSR count). The summed E-state index contributed by atoms with van der Waals surface area (Å²) in [5.74, 6) is 0.712. The molecule has 0 N–H and O–H groups in total. The van der Waals surface area contributed by atoms with E-state index in [1.54, 1.807) is 12.4 Å². The van der Waals surface area contributed by atoms with Gasteiger partial charge in [0.15, 0.2) is 5.82 Å². The Labute approximate surface area is 142 Å². The van der Waals surface area contributed by atoms with Crippen molar-refractivity contribution in [1.29, 1.82) is 0 Å². The second-order valence-electron chi connectivity index (χ2n) is 6.60. The summed E-state index contributed by atoms with van der Waals surface area (Å²) in [6.07, 6.45) is 7.08. The fraction of sp³-hybridized carbons (Fsp3) is 0.421. The summed E-state index contributed by atoms with van der Waals surface area (Å²) in [6, 6.07) is 10.4. The number of nitrogens with zero attached hydrogens (tertiary/aromatic N) is 4. The largest absolute Gasteiger partial charge is 0.336 e. The fourth-order valence-electron chi connectivity index (χ4n) is 3.70. The van der Waals surface area contributed by atoms with Crippen LogP contribution in [0.5, 0.6) is 0 Å². The van der Waals surface area contributed by atoms with Crippen molar-refractivity contribution >= 4 is 5.91 Å². The third kappa shape index (κ3) is 3.04. The van der Waals surface area contributed by atoms with E-state index in [-0.39, 0.29) is 5.91 Å². The quantitative estimate of drug-likeness (QED) is 0.852. The van der Waals surface area contributed by atoms with Gasteiger partial charge in [0.1, 0.15) is 0 Å². The molecule has 5 heteroatoms. The summed E-state index contributed by atoms with van der Waals surface area (Å²) < 4.78 is 0. The third-order valence-corrected chi connectivity index (χ3v) is 5.06. The minimum Gasteiger partial charge on any atom is -0.336 e. The number of piperidine rings is 1. The van der Waals surface area contributed by atoms with E-state index in [1.165, 1.54) is 25.8 Å². The van der Waals surface area contributed by atoms with Gasteiger partial charge in [-0.05, 0) is 19.4 Å². The molecule has 2 aliphatic heterocycles. The Kier molecular flexibility index (Phi) is 4.26. The molecule has 0 bridgehead atoms. The number of carbonyl (C=O) groups excluding carboxylic acids is 1. The Bertz CT molecular complexity index is 701. The maximum Gasteiger partial charge on any atom is 0.257 e. The molecule has 124 valence electrons. The predicted molar refractivity (Wildman–Crippen MR) is 92.6 cm³/mol. The first-order chi connectivity index (χ1) is 11.8. The molecule has 2 saturated heterocycles. The Morgan fingerprint density at radius 1 is 1.00 bits per heavy atom. The van der Waals surface area contributed by atoms with Crippen molar-refractivity contribution in [3.63, 3.8) is 0 Å². The number of rotatable bonds is 2. The van der Waals surface area contributed by atoms with Crippen molar-refractivity contribution in [3.8, 4) is 11.4 Å². The average molecular weight is 322 g/mol. The van der Waals surface area contributed by atoms with Crippen molar-refractivity contribution in [1.82, 2.24) is 19.8 Å². The lowest BCUT2D eigenvalue weighted by Crippen LogP contribution is -2.56. The molecule has 1 amide bonds. The lowest BCUT2D eigenvalue weighted by molar-refractivity contribution is 0.0372. The predicted octanol–water partition coefficient (Wildman–Crippen LogP) is 2.45. The zero-order valence-corrected chi connectivity index (χ0v) is 13.8. The number of amides is 1. The summed E-state index contributed by atoms with van der Waals surface area (Å²) in [5, 5.41) is 0.